The third-order valence-corrected chi connectivity index (χ3v) is 6.82. The average molecular weight is 493 g/mol. The van der Waals surface area contributed by atoms with Gasteiger partial charge in [-0.25, -0.2) is 0 Å². The Kier molecular flexibility index (Phi) is 8.10. The summed E-state index contributed by atoms with van der Waals surface area (Å²) in [5.74, 6) is -0.484. The summed E-state index contributed by atoms with van der Waals surface area (Å²) in [6.07, 6.45) is 7.09. The number of benzene rings is 1. The first-order chi connectivity index (χ1) is 17.1. The SMILES string of the molecule is COc1cccc([C@@H](C(=O)NC2CCCC2)N(C(=O)CNC(=O)c2cccs2)c2cccnc2)c1. The molecular formula is C26H28N4O4S. The number of ether oxygens (including phenoxy) is 1. The number of rotatable bonds is 9. The molecule has 1 saturated carbocycles. The van der Waals surface area contributed by atoms with Crippen molar-refractivity contribution in [3.8, 4) is 5.75 Å². The predicted octanol–water partition coefficient (Wildman–Crippen LogP) is 3.71. The minimum Gasteiger partial charge on any atom is -0.497 e. The molecule has 1 aliphatic carbocycles. The molecule has 9 heteroatoms. The van der Waals surface area contributed by atoms with Crippen LogP contribution in [-0.4, -0.2) is 42.4 Å². The first-order valence-corrected chi connectivity index (χ1v) is 12.4. The normalized spacial score (nSPS) is 14.2. The van der Waals surface area contributed by atoms with Gasteiger partial charge in [-0.05, 0) is 54.1 Å². The number of carbonyl (C=O) groups excluding carboxylic acids is 3. The Hall–Kier alpha value is -3.72. The summed E-state index contributed by atoms with van der Waals surface area (Å²) in [6.45, 7) is -0.275. The van der Waals surface area contributed by atoms with Gasteiger partial charge in [0.15, 0.2) is 0 Å². The van der Waals surface area contributed by atoms with Crippen LogP contribution in [-0.2, 0) is 9.59 Å². The van der Waals surface area contributed by atoms with E-state index in [9.17, 15) is 14.4 Å². The van der Waals surface area contributed by atoms with Crippen LogP contribution in [0.5, 0.6) is 5.75 Å². The van der Waals surface area contributed by atoms with Gasteiger partial charge in [0.2, 0.25) is 11.8 Å². The number of hydrogen-bond donors (Lipinski definition) is 2. The standard InChI is InChI=1S/C26H28N4O4S/c1-34-21-11-4-7-18(15-21)24(26(33)29-19-8-2-3-9-19)30(20-10-5-13-27-16-20)23(31)17-28-25(32)22-12-6-14-35-22/h4-7,10-16,19,24H,2-3,8-9,17H2,1H3,(H,28,32)(H,29,33)/t24-/m0/s1. The van der Waals surface area contributed by atoms with Gasteiger partial charge >= 0.3 is 0 Å². The van der Waals surface area contributed by atoms with Crippen molar-refractivity contribution in [2.24, 2.45) is 0 Å². The highest BCUT2D eigenvalue weighted by molar-refractivity contribution is 7.12. The second kappa shape index (κ2) is 11.6. The van der Waals surface area contributed by atoms with E-state index in [0.717, 1.165) is 25.7 Å². The molecule has 0 bridgehead atoms. The summed E-state index contributed by atoms with van der Waals surface area (Å²) in [6, 6.07) is 13.1. The molecule has 0 spiro atoms. The molecule has 0 aliphatic heterocycles. The average Bonchev–Trinajstić information content (AvgIpc) is 3.61. The summed E-state index contributed by atoms with van der Waals surface area (Å²) in [5, 5.41) is 7.60. The van der Waals surface area contributed by atoms with Crippen LogP contribution in [0.4, 0.5) is 5.69 Å². The van der Waals surface area contributed by atoms with Gasteiger partial charge < -0.3 is 15.4 Å². The van der Waals surface area contributed by atoms with Crippen molar-refractivity contribution >= 4 is 34.7 Å². The van der Waals surface area contributed by atoms with Gasteiger partial charge in [0.1, 0.15) is 11.8 Å². The van der Waals surface area contributed by atoms with Crippen molar-refractivity contribution in [1.82, 2.24) is 15.6 Å². The number of pyridine rings is 1. The zero-order valence-electron chi connectivity index (χ0n) is 19.5. The molecule has 8 nitrogen and oxygen atoms in total. The molecule has 2 heterocycles. The van der Waals surface area contributed by atoms with Gasteiger partial charge in [0.05, 0.1) is 30.4 Å². The molecule has 2 aromatic heterocycles. The van der Waals surface area contributed by atoms with Gasteiger partial charge in [-0.3, -0.25) is 24.3 Å². The summed E-state index contributed by atoms with van der Waals surface area (Å²) >= 11 is 1.29. The van der Waals surface area contributed by atoms with Crippen LogP contribution in [0.3, 0.4) is 0 Å². The largest absolute Gasteiger partial charge is 0.497 e. The summed E-state index contributed by atoms with van der Waals surface area (Å²) in [7, 11) is 1.55. The number of thiophene rings is 1. The summed E-state index contributed by atoms with van der Waals surface area (Å²) in [5.41, 5.74) is 1.05. The number of hydrogen-bond acceptors (Lipinski definition) is 6. The minimum absolute atomic E-state index is 0.0694. The third kappa shape index (κ3) is 6.05. The van der Waals surface area contributed by atoms with E-state index in [0.29, 0.717) is 21.9 Å². The fourth-order valence-corrected chi connectivity index (χ4v) is 4.89. The fraction of sp³-hybridized carbons (Fsp3) is 0.308. The Morgan fingerprint density at radius 3 is 2.66 bits per heavy atom. The second-order valence-corrected chi connectivity index (χ2v) is 9.25. The van der Waals surface area contributed by atoms with Crippen LogP contribution in [0.1, 0.15) is 47.0 Å². The molecule has 4 rings (SSSR count). The van der Waals surface area contributed by atoms with Crippen molar-refractivity contribution in [2.45, 2.75) is 37.8 Å². The summed E-state index contributed by atoms with van der Waals surface area (Å²) < 4.78 is 5.38. The smallest absolute Gasteiger partial charge is 0.261 e. The number of amides is 3. The van der Waals surface area contributed by atoms with Crippen molar-refractivity contribution in [3.63, 3.8) is 0 Å². The molecule has 35 heavy (non-hydrogen) atoms. The summed E-state index contributed by atoms with van der Waals surface area (Å²) in [4.78, 5) is 45.8. The lowest BCUT2D eigenvalue weighted by molar-refractivity contribution is -0.126. The van der Waals surface area contributed by atoms with E-state index in [1.54, 1.807) is 67.2 Å². The fourth-order valence-electron chi connectivity index (χ4n) is 4.25. The number of anilines is 1. The number of nitrogens with zero attached hydrogens (tertiary/aromatic N) is 2. The number of methoxy groups -OCH3 is 1. The van der Waals surface area contributed by atoms with Crippen LogP contribution >= 0.6 is 11.3 Å². The number of nitrogens with one attached hydrogen (secondary N) is 2. The van der Waals surface area contributed by atoms with Gasteiger partial charge in [0.25, 0.3) is 5.91 Å². The molecule has 3 amide bonds. The Morgan fingerprint density at radius 1 is 1.14 bits per heavy atom. The number of carbonyl (C=O) groups is 3. The van der Waals surface area contributed by atoms with Gasteiger partial charge in [-0.1, -0.05) is 31.0 Å². The molecule has 0 radical (unpaired) electrons. The Labute approximate surface area is 208 Å². The first-order valence-electron chi connectivity index (χ1n) is 11.5. The zero-order valence-corrected chi connectivity index (χ0v) is 20.3. The topological polar surface area (TPSA) is 101 Å². The van der Waals surface area contributed by atoms with Crippen LogP contribution < -0.4 is 20.3 Å². The molecule has 2 N–H and O–H groups in total. The lowest BCUT2D eigenvalue weighted by Crippen LogP contribution is -2.49. The zero-order chi connectivity index (χ0) is 24.6. The van der Waals surface area contributed by atoms with E-state index in [1.165, 1.54) is 22.4 Å². The second-order valence-electron chi connectivity index (χ2n) is 8.30. The van der Waals surface area contributed by atoms with Crippen LogP contribution in [0, 0.1) is 0 Å². The van der Waals surface area contributed by atoms with Gasteiger partial charge in [0, 0.05) is 12.2 Å². The Morgan fingerprint density at radius 2 is 1.97 bits per heavy atom. The lowest BCUT2D eigenvalue weighted by atomic mass is 10.0. The minimum atomic E-state index is -0.971. The highest BCUT2D eigenvalue weighted by atomic mass is 32.1. The highest BCUT2D eigenvalue weighted by Gasteiger charge is 2.34. The van der Waals surface area contributed by atoms with Crippen molar-refractivity contribution in [1.29, 1.82) is 0 Å². The van der Waals surface area contributed by atoms with Crippen molar-refractivity contribution in [3.05, 3.63) is 76.7 Å². The van der Waals surface area contributed by atoms with E-state index in [-0.39, 0.29) is 24.4 Å². The Bertz CT molecular complexity index is 1150. The molecule has 3 aromatic rings. The number of aromatic nitrogens is 1. The van der Waals surface area contributed by atoms with Gasteiger partial charge in [-0.15, -0.1) is 11.3 Å². The first kappa shape index (κ1) is 24.4. The van der Waals surface area contributed by atoms with Crippen molar-refractivity contribution in [2.75, 3.05) is 18.6 Å². The molecule has 1 aliphatic rings. The maximum Gasteiger partial charge on any atom is 0.261 e. The molecule has 0 saturated heterocycles. The molecule has 1 fully saturated rings. The molecular weight excluding hydrogens is 464 g/mol. The van der Waals surface area contributed by atoms with Crippen LogP contribution in [0.25, 0.3) is 0 Å². The van der Waals surface area contributed by atoms with E-state index < -0.39 is 11.9 Å². The maximum atomic E-state index is 13.7. The predicted molar refractivity (Wildman–Crippen MR) is 135 cm³/mol. The van der Waals surface area contributed by atoms with E-state index in [2.05, 4.69) is 15.6 Å². The van der Waals surface area contributed by atoms with Crippen LogP contribution in [0.2, 0.25) is 0 Å². The maximum absolute atomic E-state index is 13.7. The lowest BCUT2D eigenvalue weighted by Gasteiger charge is -2.32. The van der Waals surface area contributed by atoms with Crippen molar-refractivity contribution < 1.29 is 19.1 Å². The molecule has 0 unspecified atom stereocenters. The third-order valence-electron chi connectivity index (χ3n) is 5.96. The van der Waals surface area contributed by atoms with E-state index in [4.69, 9.17) is 4.74 Å². The van der Waals surface area contributed by atoms with E-state index in [1.807, 2.05) is 0 Å². The highest BCUT2D eigenvalue weighted by Crippen LogP contribution is 2.30. The van der Waals surface area contributed by atoms with E-state index >= 15 is 0 Å². The molecule has 182 valence electrons. The molecule has 1 atom stereocenters. The van der Waals surface area contributed by atoms with Gasteiger partial charge in [-0.2, -0.15) is 0 Å². The van der Waals surface area contributed by atoms with Crippen LogP contribution in [0.15, 0.2) is 66.3 Å². The monoisotopic (exact) mass is 492 g/mol. The Balaban J connectivity index is 1.68. The molecule has 1 aromatic carbocycles. The quantitative estimate of drug-likeness (QED) is 0.474.